The van der Waals surface area contributed by atoms with Crippen LogP contribution in [0.1, 0.15) is 16.5 Å². The first-order valence-corrected chi connectivity index (χ1v) is 5.56. The van der Waals surface area contributed by atoms with E-state index in [9.17, 15) is 5.11 Å². The van der Waals surface area contributed by atoms with Gasteiger partial charge in [-0.05, 0) is 28.6 Å². The summed E-state index contributed by atoms with van der Waals surface area (Å²) in [6.45, 7) is 0. The van der Waals surface area contributed by atoms with E-state index in [0.717, 1.165) is 10.4 Å². The monoisotopic (exact) mass is 231 g/mol. The van der Waals surface area contributed by atoms with Gasteiger partial charge in [0.05, 0.1) is 0 Å². The van der Waals surface area contributed by atoms with Crippen LogP contribution in [0.5, 0.6) is 0 Å². The molecule has 0 fully saturated rings. The zero-order valence-electron chi connectivity index (χ0n) is 8.32. The van der Waals surface area contributed by atoms with E-state index >= 15 is 0 Å². The molecule has 0 saturated heterocycles. The topological polar surface area (TPSA) is 69.0 Å². The van der Waals surface area contributed by atoms with Crippen LogP contribution in [-0.4, -0.2) is 5.11 Å². The van der Waals surface area contributed by atoms with E-state index in [1.165, 1.54) is 11.3 Å². The molecule has 0 aliphatic heterocycles. The first-order chi connectivity index (χ1) is 7.81. The highest BCUT2D eigenvalue weighted by Crippen LogP contribution is 2.27. The molecule has 2 aromatic rings. The Bertz CT molecular complexity index is 518. The SMILES string of the molecule is [N-]=[N+]=Nc1cccc(C(O)c2cccs2)c1. The standard InChI is InChI=1S/C11H9N3OS/c12-14-13-9-4-1-3-8(7-9)11(15)10-5-2-6-16-10/h1-7,11,15H. The number of rotatable bonds is 3. The lowest BCUT2D eigenvalue weighted by Gasteiger charge is -2.08. The van der Waals surface area contributed by atoms with Crippen LogP contribution in [0.25, 0.3) is 10.4 Å². The van der Waals surface area contributed by atoms with Gasteiger partial charge in [-0.3, -0.25) is 0 Å². The summed E-state index contributed by atoms with van der Waals surface area (Å²) in [5, 5.41) is 15.5. The molecule has 0 aliphatic carbocycles. The molecule has 5 heteroatoms. The van der Waals surface area contributed by atoms with Crippen LogP contribution >= 0.6 is 11.3 Å². The smallest absolute Gasteiger partial charge is 0.113 e. The van der Waals surface area contributed by atoms with Gasteiger partial charge in [0.2, 0.25) is 0 Å². The maximum Gasteiger partial charge on any atom is 0.113 e. The van der Waals surface area contributed by atoms with E-state index in [1.807, 2.05) is 17.5 Å². The third kappa shape index (κ3) is 2.23. The van der Waals surface area contributed by atoms with Crippen molar-refractivity contribution in [2.75, 3.05) is 0 Å². The summed E-state index contributed by atoms with van der Waals surface area (Å²) in [5.41, 5.74) is 9.57. The fraction of sp³-hybridized carbons (Fsp3) is 0.0909. The maximum atomic E-state index is 10.0. The molecule has 0 radical (unpaired) electrons. The van der Waals surface area contributed by atoms with Crippen LogP contribution in [0, 0.1) is 0 Å². The number of thiophene rings is 1. The van der Waals surface area contributed by atoms with E-state index in [2.05, 4.69) is 10.0 Å². The summed E-state index contributed by atoms with van der Waals surface area (Å²) in [6.07, 6.45) is -0.658. The van der Waals surface area contributed by atoms with Crippen LogP contribution in [0.3, 0.4) is 0 Å². The number of hydrogen-bond acceptors (Lipinski definition) is 3. The van der Waals surface area contributed by atoms with E-state index in [0.29, 0.717) is 5.69 Å². The zero-order chi connectivity index (χ0) is 11.4. The van der Waals surface area contributed by atoms with Crippen molar-refractivity contribution in [2.45, 2.75) is 6.10 Å². The molecule has 1 atom stereocenters. The minimum absolute atomic E-state index is 0.510. The molecular weight excluding hydrogens is 222 g/mol. The second-order valence-corrected chi connectivity index (χ2v) is 4.18. The van der Waals surface area contributed by atoms with Crippen LogP contribution < -0.4 is 0 Å². The summed E-state index contributed by atoms with van der Waals surface area (Å²) in [5.74, 6) is 0. The summed E-state index contributed by atoms with van der Waals surface area (Å²) >= 11 is 1.49. The molecule has 2 rings (SSSR count). The van der Waals surface area contributed by atoms with Gasteiger partial charge in [-0.15, -0.1) is 11.3 Å². The number of aliphatic hydroxyl groups is 1. The van der Waals surface area contributed by atoms with Gasteiger partial charge >= 0.3 is 0 Å². The minimum atomic E-state index is -0.658. The lowest BCUT2D eigenvalue weighted by Crippen LogP contribution is -1.95. The van der Waals surface area contributed by atoms with Gasteiger partial charge in [-0.1, -0.05) is 29.4 Å². The molecule has 1 aromatic carbocycles. The summed E-state index contributed by atoms with van der Waals surface area (Å²) in [4.78, 5) is 3.59. The molecule has 0 aliphatic rings. The predicted octanol–water partition coefficient (Wildman–Crippen LogP) is 3.77. The molecule has 0 amide bonds. The van der Waals surface area contributed by atoms with Gasteiger partial charge in [0.15, 0.2) is 0 Å². The van der Waals surface area contributed by atoms with Crippen molar-refractivity contribution in [3.8, 4) is 0 Å². The third-order valence-corrected chi connectivity index (χ3v) is 3.08. The lowest BCUT2D eigenvalue weighted by atomic mass is 10.1. The molecule has 0 saturated carbocycles. The molecule has 1 N–H and O–H groups in total. The average Bonchev–Trinajstić information content (AvgIpc) is 2.82. The quantitative estimate of drug-likeness (QED) is 0.487. The van der Waals surface area contributed by atoms with Crippen molar-refractivity contribution in [3.63, 3.8) is 0 Å². The van der Waals surface area contributed by atoms with Crippen LogP contribution in [-0.2, 0) is 0 Å². The van der Waals surface area contributed by atoms with Gasteiger partial charge in [0.25, 0.3) is 0 Å². The summed E-state index contributed by atoms with van der Waals surface area (Å²) in [7, 11) is 0. The van der Waals surface area contributed by atoms with Gasteiger partial charge in [0, 0.05) is 15.5 Å². The van der Waals surface area contributed by atoms with Gasteiger partial charge < -0.3 is 5.11 Å². The largest absolute Gasteiger partial charge is 0.383 e. The van der Waals surface area contributed by atoms with E-state index < -0.39 is 6.10 Å². The van der Waals surface area contributed by atoms with Crippen molar-refractivity contribution >= 4 is 17.0 Å². The second kappa shape index (κ2) is 4.81. The Morgan fingerprint density at radius 3 is 2.88 bits per heavy atom. The Kier molecular flexibility index (Phi) is 3.22. The highest BCUT2D eigenvalue weighted by molar-refractivity contribution is 7.10. The summed E-state index contributed by atoms with van der Waals surface area (Å²) < 4.78 is 0. The molecule has 16 heavy (non-hydrogen) atoms. The van der Waals surface area contributed by atoms with E-state index in [1.54, 1.807) is 24.3 Å². The van der Waals surface area contributed by atoms with Gasteiger partial charge in [-0.2, -0.15) is 0 Å². The Morgan fingerprint density at radius 2 is 2.19 bits per heavy atom. The normalized spacial score (nSPS) is 11.8. The fourth-order valence-corrected chi connectivity index (χ4v) is 2.16. The highest BCUT2D eigenvalue weighted by Gasteiger charge is 2.10. The zero-order valence-corrected chi connectivity index (χ0v) is 9.13. The number of benzene rings is 1. The summed E-state index contributed by atoms with van der Waals surface area (Å²) in [6, 6.07) is 10.7. The predicted molar refractivity (Wildman–Crippen MR) is 63.6 cm³/mol. The number of azide groups is 1. The molecule has 0 bridgehead atoms. The van der Waals surface area contributed by atoms with Crippen molar-refractivity contribution < 1.29 is 5.11 Å². The fourth-order valence-electron chi connectivity index (χ4n) is 1.42. The molecular formula is C11H9N3OS. The van der Waals surface area contributed by atoms with Gasteiger partial charge in [-0.25, -0.2) is 0 Å². The first-order valence-electron chi connectivity index (χ1n) is 4.68. The van der Waals surface area contributed by atoms with Crippen molar-refractivity contribution in [2.24, 2.45) is 5.11 Å². The Hall–Kier alpha value is -1.81. The van der Waals surface area contributed by atoms with Crippen LogP contribution in [0.15, 0.2) is 46.9 Å². The molecule has 80 valence electrons. The van der Waals surface area contributed by atoms with Crippen molar-refractivity contribution in [1.29, 1.82) is 0 Å². The van der Waals surface area contributed by atoms with E-state index in [4.69, 9.17) is 5.53 Å². The molecule has 1 unspecified atom stereocenters. The molecule has 1 aromatic heterocycles. The minimum Gasteiger partial charge on any atom is -0.383 e. The number of aliphatic hydroxyl groups excluding tert-OH is 1. The van der Waals surface area contributed by atoms with E-state index in [-0.39, 0.29) is 0 Å². The number of hydrogen-bond donors (Lipinski definition) is 1. The Balaban J connectivity index is 2.33. The Morgan fingerprint density at radius 1 is 1.31 bits per heavy atom. The van der Waals surface area contributed by atoms with Crippen LogP contribution in [0.2, 0.25) is 0 Å². The molecule has 0 spiro atoms. The third-order valence-electron chi connectivity index (χ3n) is 2.16. The Labute approximate surface area is 96.4 Å². The molecule has 1 heterocycles. The molecule has 4 nitrogen and oxygen atoms in total. The van der Waals surface area contributed by atoms with Crippen molar-refractivity contribution in [3.05, 3.63) is 62.7 Å². The van der Waals surface area contributed by atoms with Crippen molar-refractivity contribution in [1.82, 2.24) is 0 Å². The highest BCUT2D eigenvalue weighted by atomic mass is 32.1. The second-order valence-electron chi connectivity index (χ2n) is 3.20. The first kappa shape index (κ1) is 10.7. The number of nitrogens with zero attached hydrogens (tertiary/aromatic N) is 3. The lowest BCUT2D eigenvalue weighted by molar-refractivity contribution is 0.224. The van der Waals surface area contributed by atoms with Gasteiger partial charge in [0.1, 0.15) is 6.10 Å². The average molecular weight is 231 g/mol. The maximum absolute atomic E-state index is 10.0. The van der Waals surface area contributed by atoms with Crippen LogP contribution in [0.4, 0.5) is 5.69 Å².